The fraction of sp³-hybridized carbons (Fsp3) is 0.357. The fourth-order valence-corrected chi connectivity index (χ4v) is 2.16. The number of carbonyl (C=O) groups excluding carboxylic acids is 1. The van der Waals surface area contributed by atoms with Gasteiger partial charge in [-0.3, -0.25) is 4.79 Å². The minimum Gasteiger partial charge on any atom is -0.481 e. The van der Waals surface area contributed by atoms with Gasteiger partial charge in [0.25, 0.3) is 0 Å². The monoisotopic (exact) mass is 353 g/mol. The molecule has 2 N–H and O–H groups in total. The van der Waals surface area contributed by atoms with Gasteiger partial charge in [0.05, 0.1) is 23.7 Å². The zero-order valence-electron chi connectivity index (χ0n) is 11.8. The second-order valence-electron chi connectivity index (χ2n) is 4.67. The molecule has 1 rings (SSSR count). The van der Waals surface area contributed by atoms with Gasteiger partial charge in [-0.25, -0.2) is 4.79 Å². The average Bonchev–Trinajstić information content (AvgIpc) is 2.40. The predicted molar refractivity (Wildman–Crippen MR) is 82.0 cm³/mol. The minimum atomic E-state index is -0.951. The molecule has 1 aromatic carbocycles. The third kappa shape index (κ3) is 5.08. The maximum Gasteiger partial charge on any atom is 0.322 e. The van der Waals surface area contributed by atoms with Gasteiger partial charge in [0.2, 0.25) is 0 Å². The molecular formula is C14H16BrN3O3. The molecule has 2 amide bonds. The Morgan fingerprint density at radius 3 is 2.62 bits per heavy atom. The van der Waals surface area contributed by atoms with E-state index < -0.39 is 5.97 Å². The number of carboxylic acid groups (broad SMARTS) is 1. The van der Waals surface area contributed by atoms with Crippen molar-refractivity contribution < 1.29 is 14.7 Å². The number of halogens is 1. The van der Waals surface area contributed by atoms with Crippen LogP contribution < -0.4 is 5.32 Å². The molecule has 0 saturated heterocycles. The summed E-state index contributed by atoms with van der Waals surface area (Å²) in [5.41, 5.74) is 1.01. The number of nitriles is 1. The molecule has 0 fully saturated rings. The minimum absolute atomic E-state index is 0.111. The van der Waals surface area contributed by atoms with Crippen LogP contribution in [0.5, 0.6) is 0 Å². The number of anilines is 1. The molecule has 0 aromatic heterocycles. The normalized spacial score (nSPS) is 10.0. The summed E-state index contributed by atoms with van der Waals surface area (Å²) in [5.74, 6) is -0.951. The van der Waals surface area contributed by atoms with E-state index in [1.165, 1.54) is 4.90 Å². The molecule has 0 aliphatic rings. The Morgan fingerprint density at radius 2 is 2.14 bits per heavy atom. The standard InChI is InChI=1S/C14H16BrN3O3/c1-9(2)18(6-5-13(19)20)14(21)17-12-4-3-10(8-16)7-11(12)15/h3-4,7,9H,5-6H2,1-2H3,(H,17,21)(H,19,20). The number of nitrogens with one attached hydrogen (secondary N) is 1. The third-order valence-corrected chi connectivity index (χ3v) is 3.45. The van der Waals surface area contributed by atoms with Gasteiger partial charge in [-0.1, -0.05) is 0 Å². The quantitative estimate of drug-likeness (QED) is 0.850. The van der Waals surface area contributed by atoms with E-state index in [0.29, 0.717) is 15.7 Å². The molecule has 0 aliphatic heterocycles. The second kappa shape index (κ2) is 7.64. The number of hydrogen-bond donors (Lipinski definition) is 2. The molecule has 1 aromatic rings. The molecule has 7 heteroatoms. The zero-order valence-corrected chi connectivity index (χ0v) is 13.3. The summed E-state index contributed by atoms with van der Waals surface area (Å²) in [7, 11) is 0. The highest BCUT2D eigenvalue weighted by Crippen LogP contribution is 2.24. The summed E-state index contributed by atoms with van der Waals surface area (Å²) in [6, 6.07) is 6.32. The molecule has 0 saturated carbocycles. The van der Waals surface area contributed by atoms with Gasteiger partial charge in [-0.05, 0) is 48.0 Å². The molecule has 0 heterocycles. The lowest BCUT2D eigenvalue weighted by Gasteiger charge is -2.26. The summed E-state index contributed by atoms with van der Waals surface area (Å²) in [6.07, 6.45) is -0.111. The first-order chi connectivity index (χ1) is 9.85. The molecular weight excluding hydrogens is 338 g/mol. The number of urea groups is 1. The molecule has 0 bridgehead atoms. The van der Waals surface area contributed by atoms with Crippen molar-refractivity contribution in [1.82, 2.24) is 4.90 Å². The lowest BCUT2D eigenvalue weighted by atomic mass is 10.2. The van der Waals surface area contributed by atoms with Crippen molar-refractivity contribution in [3.8, 4) is 6.07 Å². The van der Waals surface area contributed by atoms with Crippen LogP contribution in [-0.2, 0) is 4.79 Å². The van der Waals surface area contributed by atoms with Crippen LogP contribution in [0.3, 0.4) is 0 Å². The molecule has 21 heavy (non-hydrogen) atoms. The third-order valence-electron chi connectivity index (χ3n) is 2.79. The smallest absolute Gasteiger partial charge is 0.322 e. The number of rotatable bonds is 5. The average molecular weight is 354 g/mol. The van der Waals surface area contributed by atoms with Crippen LogP contribution in [0.2, 0.25) is 0 Å². The fourth-order valence-electron chi connectivity index (χ4n) is 1.68. The van der Waals surface area contributed by atoms with E-state index in [1.54, 1.807) is 18.2 Å². The number of benzene rings is 1. The molecule has 0 spiro atoms. The first kappa shape index (κ1) is 17.0. The van der Waals surface area contributed by atoms with Crippen molar-refractivity contribution in [1.29, 1.82) is 5.26 Å². The molecule has 6 nitrogen and oxygen atoms in total. The Kier molecular flexibility index (Phi) is 6.18. The highest BCUT2D eigenvalue weighted by Gasteiger charge is 2.18. The van der Waals surface area contributed by atoms with Crippen LogP contribution in [0.4, 0.5) is 10.5 Å². The number of amides is 2. The van der Waals surface area contributed by atoms with Crippen LogP contribution >= 0.6 is 15.9 Å². The van der Waals surface area contributed by atoms with Crippen molar-refractivity contribution in [2.45, 2.75) is 26.3 Å². The Balaban J connectivity index is 2.82. The van der Waals surface area contributed by atoms with Gasteiger partial charge < -0.3 is 15.3 Å². The maximum atomic E-state index is 12.2. The van der Waals surface area contributed by atoms with E-state index in [4.69, 9.17) is 10.4 Å². The van der Waals surface area contributed by atoms with Crippen molar-refractivity contribution in [2.24, 2.45) is 0 Å². The Labute approximate surface area is 131 Å². The van der Waals surface area contributed by atoms with Gasteiger partial charge in [0, 0.05) is 17.1 Å². The Hall–Kier alpha value is -2.07. The van der Waals surface area contributed by atoms with Crippen LogP contribution in [0.25, 0.3) is 0 Å². The SMILES string of the molecule is CC(C)N(CCC(=O)O)C(=O)Nc1ccc(C#N)cc1Br. The number of hydrogen-bond acceptors (Lipinski definition) is 3. The molecule has 112 valence electrons. The summed E-state index contributed by atoms with van der Waals surface area (Å²) in [5, 5.41) is 20.2. The lowest BCUT2D eigenvalue weighted by molar-refractivity contribution is -0.137. The highest BCUT2D eigenvalue weighted by atomic mass is 79.9. The molecule has 0 unspecified atom stereocenters. The lowest BCUT2D eigenvalue weighted by Crippen LogP contribution is -2.41. The van der Waals surface area contributed by atoms with Gasteiger partial charge in [-0.2, -0.15) is 5.26 Å². The van der Waals surface area contributed by atoms with Gasteiger partial charge in [0.15, 0.2) is 0 Å². The van der Waals surface area contributed by atoms with Gasteiger partial charge >= 0.3 is 12.0 Å². The number of carboxylic acids is 1. The highest BCUT2D eigenvalue weighted by molar-refractivity contribution is 9.10. The largest absolute Gasteiger partial charge is 0.481 e. The topological polar surface area (TPSA) is 93.4 Å². The summed E-state index contributed by atoms with van der Waals surface area (Å²) in [4.78, 5) is 24.3. The van der Waals surface area contributed by atoms with E-state index in [0.717, 1.165) is 0 Å². The van der Waals surface area contributed by atoms with Crippen molar-refractivity contribution in [3.05, 3.63) is 28.2 Å². The van der Waals surface area contributed by atoms with E-state index >= 15 is 0 Å². The molecule has 0 radical (unpaired) electrons. The Morgan fingerprint density at radius 1 is 1.48 bits per heavy atom. The van der Waals surface area contributed by atoms with Crippen molar-refractivity contribution in [2.75, 3.05) is 11.9 Å². The first-order valence-electron chi connectivity index (χ1n) is 6.34. The van der Waals surface area contributed by atoms with E-state index in [2.05, 4.69) is 21.2 Å². The van der Waals surface area contributed by atoms with Crippen LogP contribution in [0, 0.1) is 11.3 Å². The summed E-state index contributed by atoms with van der Waals surface area (Å²) >= 11 is 3.29. The number of carbonyl (C=O) groups is 2. The van der Waals surface area contributed by atoms with Crippen LogP contribution in [-0.4, -0.2) is 34.6 Å². The Bertz CT molecular complexity index is 581. The molecule has 0 atom stereocenters. The maximum absolute atomic E-state index is 12.2. The first-order valence-corrected chi connectivity index (χ1v) is 7.13. The van der Waals surface area contributed by atoms with Gasteiger partial charge in [0.1, 0.15) is 0 Å². The summed E-state index contributed by atoms with van der Waals surface area (Å²) in [6.45, 7) is 3.76. The number of nitrogens with zero attached hydrogens (tertiary/aromatic N) is 2. The number of aliphatic carboxylic acids is 1. The van der Waals surface area contributed by atoms with Crippen molar-refractivity contribution >= 4 is 33.6 Å². The molecule has 0 aliphatic carbocycles. The van der Waals surface area contributed by atoms with E-state index in [-0.39, 0.29) is 25.0 Å². The second-order valence-corrected chi connectivity index (χ2v) is 5.52. The zero-order chi connectivity index (χ0) is 16.0. The van der Waals surface area contributed by atoms with Crippen LogP contribution in [0.1, 0.15) is 25.8 Å². The predicted octanol–water partition coefficient (Wildman–Crippen LogP) is 3.04. The van der Waals surface area contributed by atoms with E-state index in [1.807, 2.05) is 19.9 Å². The van der Waals surface area contributed by atoms with E-state index in [9.17, 15) is 9.59 Å². The van der Waals surface area contributed by atoms with Crippen molar-refractivity contribution in [3.63, 3.8) is 0 Å². The van der Waals surface area contributed by atoms with Crippen LogP contribution in [0.15, 0.2) is 22.7 Å². The van der Waals surface area contributed by atoms with Gasteiger partial charge in [-0.15, -0.1) is 0 Å². The summed E-state index contributed by atoms with van der Waals surface area (Å²) < 4.78 is 0.594.